The van der Waals surface area contributed by atoms with Gasteiger partial charge in [-0.2, -0.15) is 10.1 Å². The lowest BCUT2D eigenvalue weighted by molar-refractivity contribution is 0.315. The van der Waals surface area contributed by atoms with Crippen LogP contribution in [-0.4, -0.2) is 67.1 Å². The third-order valence-electron chi connectivity index (χ3n) is 5.50. The van der Waals surface area contributed by atoms with Crippen LogP contribution in [0.2, 0.25) is 0 Å². The first-order valence-electron chi connectivity index (χ1n) is 9.62. The predicted octanol–water partition coefficient (Wildman–Crippen LogP) is 1.25. The largest absolute Gasteiger partial charge is 0.369 e. The molecule has 0 radical (unpaired) electrons. The van der Waals surface area contributed by atoms with E-state index in [2.05, 4.69) is 43.9 Å². The number of fused-ring (bicyclic) bond motifs is 2. The smallest absolute Gasteiger partial charge is 0.258 e. The summed E-state index contributed by atoms with van der Waals surface area (Å²) in [5.41, 5.74) is 2.82. The highest BCUT2D eigenvalue weighted by Gasteiger charge is 2.24. The zero-order chi connectivity index (χ0) is 20.1. The summed E-state index contributed by atoms with van der Waals surface area (Å²) < 4.78 is 3.21. The van der Waals surface area contributed by atoms with E-state index < -0.39 is 0 Å². The Morgan fingerprint density at radius 2 is 2.03 bits per heavy atom. The molecule has 0 unspecified atom stereocenters. The number of anilines is 1. The molecule has 1 aliphatic rings. The van der Waals surface area contributed by atoms with Crippen molar-refractivity contribution in [2.24, 2.45) is 0 Å². The molecule has 5 rings (SSSR count). The fraction of sp³-hybridized carbons (Fsp3) is 0.350. The van der Waals surface area contributed by atoms with Crippen molar-refractivity contribution in [3.05, 3.63) is 53.0 Å². The standard InChI is InChI=1S/C20H22N8O/c1-13-22-20-21-9-14(10-28(20)24-13)17-8-19(29)27-12-16(4-5-18(27)23-17)26-7-6-15(11-26)25(2)3/h4-5,8-10,12,15H,6-7,11H2,1-3H3/t15-/m1/s1. The van der Waals surface area contributed by atoms with Crippen LogP contribution in [0.1, 0.15) is 12.2 Å². The van der Waals surface area contributed by atoms with Crippen molar-refractivity contribution >= 4 is 17.1 Å². The number of likely N-dealkylation sites (N-methyl/N-ethyl adjacent to an activating group) is 1. The highest BCUT2D eigenvalue weighted by molar-refractivity contribution is 5.62. The van der Waals surface area contributed by atoms with Crippen LogP contribution in [0.3, 0.4) is 0 Å². The van der Waals surface area contributed by atoms with Gasteiger partial charge >= 0.3 is 0 Å². The molecule has 9 heteroatoms. The Balaban J connectivity index is 1.52. The lowest BCUT2D eigenvalue weighted by atomic mass is 10.2. The van der Waals surface area contributed by atoms with Crippen LogP contribution in [0.4, 0.5) is 5.69 Å². The summed E-state index contributed by atoms with van der Waals surface area (Å²) in [6.07, 6.45) is 6.46. The van der Waals surface area contributed by atoms with Gasteiger partial charge in [-0.15, -0.1) is 0 Å². The van der Waals surface area contributed by atoms with Crippen LogP contribution in [0.5, 0.6) is 0 Å². The van der Waals surface area contributed by atoms with E-state index in [1.165, 1.54) is 6.07 Å². The van der Waals surface area contributed by atoms with Gasteiger partial charge in [0.1, 0.15) is 11.5 Å². The Morgan fingerprint density at radius 1 is 1.17 bits per heavy atom. The maximum absolute atomic E-state index is 12.8. The van der Waals surface area contributed by atoms with Crippen LogP contribution in [-0.2, 0) is 0 Å². The average molecular weight is 390 g/mol. The molecular formula is C20H22N8O. The first kappa shape index (κ1) is 17.7. The summed E-state index contributed by atoms with van der Waals surface area (Å²) in [5, 5.41) is 4.28. The minimum atomic E-state index is -0.120. The van der Waals surface area contributed by atoms with Gasteiger partial charge in [-0.3, -0.25) is 9.20 Å². The van der Waals surface area contributed by atoms with E-state index in [1.807, 2.05) is 25.3 Å². The zero-order valence-electron chi connectivity index (χ0n) is 16.6. The summed E-state index contributed by atoms with van der Waals surface area (Å²) in [7, 11) is 4.22. The molecule has 9 nitrogen and oxygen atoms in total. The van der Waals surface area contributed by atoms with Crippen LogP contribution < -0.4 is 10.5 Å². The van der Waals surface area contributed by atoms with E-state index in [4.69, 9.17) is 0 Å². The Labute approximate surface area is 167 Å². The molecule has 1 fully saturated rings. The predicted molar refractivity (Wildman–Crippen MR) is 110 cm³/mol. The second kappa shape index (κ2) is 6.63. The number of rotatable bonds is 3. The fourth-order valence-corrected chi connectivity index (χ4v) is 3.84. The van der Waals surface area contributed by atoms with E-state index in [1.54, 1.807) is 21.3 Å². The molecule has 4 aromatic rings. The summed E-state index contributed by atoms with van der Waals surface area (Å²) in [6.45, 7) is 3.76. The van der Waals surface area contributed by atoms with Gasteiger partial charge < -0.3 is 9.80 Å². The van der Waals surface area contributed by atoms with Crippen molar-refractivity contribution in [2.75, 3.05) is 32.1 Å². The summed E-state index contributed by atoms with van der Waals surface area (Å²) >= 11 is 0. The normalized spacial score (nSPS) is 17.1. The Hall–Kier alpha value is -3.33. The monoisotopic (exact) mass is 390 g/mol. The molecule has 0 amide bonds. The second-order valence-corrected chi connectivity index (χ2v) is 7.69. The maximum Gasteiger partial charge on any atom is 0.258 e. The van der Waals surface area contributed by atoms with Gasteiger partial charge in [0.05, 0.1) is 11.4 Å². The topological polar surface area (TPSA) is 83.9 Å². The van der Waals surface area contributed by atoms with Crippen LogP contribution in [0.25, 0.3) is 22.7 Å². The van der Waals surface area contributed by atoms with Gasteiger partial charge in [0.15, 0.2) is 0 Å². The highest BCUT2D eigenvalue weighted by Crippen LogP contribution is 2.23. The van der Waals surface area contributed by atoms with Gasteiger partial charge in [0.2, 0.25) is 0 Å². The first-order chi connectivity index (χ1) is 14.0. The van der Waals surface area contributed by atoms with Crippen LogP contribution >= 0.6 is 0 Å². The van der Waals surface area contributed by atoms with Gasteiger partial charge in [0.25, 0.3) is 11.3 Å². The minimum absolute atomic E-state index is 0.120. The Kier molecular flexibility index (Phi) is 4.06. The number of nitrogens with zero attached hydrogens (tertiary/aromatic N) is 8. The molecule has 0 N–H and O–H groups in total. The van der Waals surface area contributed by atoms with E-state index in [0.717, 1.165) is 30.8 Å². The molecule has 29 heavy (non-hydrogen) atoms. The molecule has 0 saturated carbocycles. The molecule has 1 saturated heterocycles. The molecule has 0 bridgehead atoms. The van der Waals surface area contributed by atoms with Crippen molar-refractivity contribution in [2.45, 2.75) is 19.4 Å². The number of pyridine rings is 1. The number of hydrogen-bond donors (Lipinski definition) is 0. The molecule has 0 aliphatic carbocycles. The summed E-state index contributed by atoms with van der Waals surface area (Å²) in [4.78, 5) is 30.6. The fourth-order valence-electron chi connectivity index (χ4n) is 3.84. The molecule has 0 spiro atoms. The SMILES string of the molecule is Cc1nc2ncc(-c3cc(=O)n4cc(N5CC[C@@H](N(C)C)C5)ccc4n3)cn2n1. The van der Waals surface area contributed by atoms with Gasteiger partial charge in [0, 0.05) is 49.4 Å². The molecule has 148 valence electrons. The number of aromatic nitrogens is 6. The minimum Gasteiger partial charge on any atom is -0.369 e. The molecule has 0 aromatic carbocycles. The first-order valence-corrected chi connectivity index (χ1v) is 9.62. The lowest BCUT2D eigenvalue weighted by Gasteiger charge is -2.22. The van der Waals surface area contributed by atoms with Crippen molar-refractivity contribution in [1.82, 2.24) is 33.9 Å². The Morgan fingerprint density at radius 3 is 2.83 bits per heavy atom. The van der Waals surface area contributed by atoms with Crippen molar-refractivity contribution < 1.29 is 0 Å². The van der Waals surface area contributed by atoms with Gasteiger partial charge in [-0.25, -0.2) is 14.5 Å². The van der Waals surface area contributed by atoms with Crippen molar-refractivity contribution in [3.8, 4) is 11.3 Å². The zero-order valence-corrected chi connectivity index (χ0v) is 16.6. The van der Waals surface area contributed by atoms with E-state index >= 15 is 0 Å². The van der Waals surface area contributed by atoms with E-state index in [0.29, 0.717) is 29.0 Å². The molecule has 1 aliphatic heterocycles. The van der Waals surface area contributed by atoms with Crippen molar-refractivity contribution in [1.29, 1.82) is 0 Å². The number of hydrogen-bond acceptors (Lipinski definition) is 7. The van der Waals surface area contributed by atoms with Crippen LogP contribution in [0, 0.1) is 6.92 Å². The number of aryl methyl sites for hydroxylation is 1. The quantitative estimate of drug-likeness (QED) is 0.520. The highest BCUT2D eigenvalue weighted by atomic mass is 16.1. The van der Waals surface area contributed by atoms with Gasteiger partial charge in [-0.1, -0.05) is 0 Å². The van der Waals surface area contributed by atoms with Crippen LogP contribution in [0.15, 0.2) is 41.6 Å². The molecular weight excluding hydrogens is 368 g/mol. The molecule has 1 atom stereocenters. The lowest BCUT2D eigenvalue weighted by Crippen LogP contribution is -2.31. The molecule has 4 aromatic heterocycles. The average Bonchev–Trinajstić information content (AvgIpc) is 3.33. The Bertz CT molecular complexity index is 1270. The summed E-state index contributed by atoms with van der Waals surface area (Å²) in [5.74, 6) is 1.17. The van der Waals surface area contributed by atoms with E-state index in [-0.39, 0.29) is 5.56 Å². The maximum atomic E-state index is 12.8. The van der Waals surface area contributed by atoms with E-state index in [9.17, 15) is 4.79 Å². The third kappa shape index (κ3) is 3.13. The third-order valence-corrected chi connectivity index (χ3v) is 5.50. The van der Waals surface area contributed by atoms with Crippen molar-refractivity contribution in [3.63, 3.8) is 0 Å². The molecule has 5 heterocycles. The second-order valence-electron chi connectivity index (χ2n) is 7.69. The van der Waals surface area contributed by atoms with Gasteiger partial charge in [-0.05, 0) is 39.6 Å². The summed E-state index contributed by atoms with van der Waals surface area (Å²) in [6, 6.07) is 6.00.